The van der Waals surface area contributed by atoms with E-state index in [0.29, 0.717) is 6.07 Å². The lowest BCUT2D eigenvalue weighted by molar-refractivity contribution is -0.385. The minimum absolute atomic E-state index is 0.0936. The van der Waals surface area contributed by atoms with Crippen LogP contribution in [0.4, 0.5) is 15.8 Å². The molecule has 0 saturated heterocycles. The summed E-state index contributed by atoms with van der Waals surface area (Å²) in [5.74, 6) is -1.50. The molecule has 0 aromatic heterocycles. The number of nitro groups is 1. The Hall–Kier alpha value is -2.03. The molecule has 1 atom stereocenters. The maximum atomic E-state index is 13.1. The van der Waals surface area contributed by atoms with Crippen LogP contribution in [0.3, 0.4) is 0 Å². The van der Waals surface area contributed by atoms with Crippen LogP contribution in [-0.2, 0) is 10.8 Å². The third-order valence-electron chi connectivity index (χ3n) is 2.23. The van der Waals surface area contributed by atoms with Crippen molar-refractivity contribution in [1.82, 2.24) is 5.32 Å². The van der Waals surface area contributed by atoms with Gasteiger partial charge >= 0.3 is 0 Å². The summed E-state index contributed by atoms with van der Waals surface area (Å²) in [6.45, 7) is 0.0936. The number of nitro benzene ring substituents is 1. The lowest BCUT2D eigenvalue weighted by Gasteiger charge is -2.06. The number of hydrogen-bond donors (Lipinski definition) is 2. The molecule has 0 aliphatic carbocycles. The molecular formula is C10H12FN3O4S. The summed E-state index contributed by atoms with van der Waals surface area (Å²) in [7, 11) is -1.09. The van der Waals surface area contributed by atoms with Gasteiger partial charge < -0.3 is 11.1 Å². The molecule has 1 unspecified atom stereocenters. The first kappa shape index (κ1) is 15.0. The largest absolute Gasteiger partial charge is 0.396 e. The highest BCUT2D eigenvalue weighted by Gasteiger charge is 2.22. The van der Waals surface area contributed by atoms with Gasteiger partial charge in [-0.05, 0) is 6.07 Å². The zero-order valence-corrected chi connectivity index (χ0v) is 10.8. The molecule has 3 N–H and O–H groups in total. The number of rotatable bonds is 5. The van der Waals surface area contributed by atoms with E-state index in [2.05, 4.69) is 5.32 Å². The number of nitrogen functional groups attached to an aromatic ring is 1. The van der Waals surface area contributed by atoms with Crippen molar-refractivity contribution < 1.29 is 18.3 Å². The molecule has 0 radical (unpaired) electrons. The molecule has 0 aliphatic rings. The maximum Gasteiger partial charge on any atom is 0.285 e. The number of hydrogen-bond acceptors (Lipinski definition) is 5. The van der Waals surface area contributed by atoms with Gasteiger partial charge in [0, 0.05) is 29.4 Å². The molecule has 19 heavy (non-hydrogen) atoms. The van der Waals surface area contributed by atoms with Crippen LogP contribution in [0.5, 0.6) is 0 Å². The van der Waals surface area contributed by atoms with Gasteiger partial charge in [0.15, 0.2) is 5.82 Å². The Bertz CT molecular complexity index is 550. The standard InChI is InChI=1S/C10H12FN3O4S/c1-19(18)3-2-13-10(15)6-4-8(12)7(11)5-9(6)14(16)17/h4-5H,2-3,12H2,1H3,(H,13,15). The predicted octanol–water partition coefficient (Wildman–Crippen LogP) is 0.424. The molecule has 0 spiro atoms. The van der Waals surface area contributed by atoms with Crippen molar-refractivity contribution >= 4 is 28.1 Å². The highest BCUT2D eigenvalue weighted by atomic mass is 32.2. The molecule has 9 heteroatoms. The number of benzene rings is 1. The Kier molecular flexibility index (Phi) is 4.93. The van der Waals surface area contributed by atoms with E-state index in [1.54, 1.807) is 0 Å². The Labute approximate surface area is 110 Å². The SMILES string of the molecule is CS(=O)CCNC(=O)c1cc(N)c(F)cc1[N+](=O)[O-]. The van der Waals surface area contributed by atoms with Crippen LogP contribution in [0, 0.1) is 15.9 Å². The normalized spacial score (nSPS) is 11.9. The van der Waals surface area contributed by atoms with Crippen molar-refractivity contribution in [3.63, 3.8) is 0 Å². The number of nitrogens with one attached hydrogen (secondary N) is 1. The summed E-state index contributed by atoms with van der Waals surface area (Å²) in [5.41, 5.74) is 3.93. The topological polar surface area (TPSA) is 115 Å². The molecule has 0 saturated carbocycles. The second-order valence-corrected chi connectivity index (χ2v) is 5.24. The van der Waals surface area contributed by atoms with E-state index in [9.17, 15) is 23.5 Å². The lowest BCUT2D eigenvalue weighted by Crippen LogP contribution is -2.28. The van der Waals surface area contributed by atoms with E-state index < -0.39 is 33.1 Å². The smallest absolute Gasteiger partial charge is 0.285 e. The molecule has 0 bridgehead atoms. The second kappa shape index (κ2) is 6.23. The number of anilines is 1. The molecule has 0 heterocycles. The first-order valence-electron chi connectivity index (χ1n) is 5.14. The van der Waals surface area contributed by atoms with Gasteiger partial charge in [0.25, 0.3) is 11.6 Å². The summed E-state index contributed by atoms with van der Waals surface area (Å²) in [6, 6.07) is 1.51. The van der Waals surface area contributed by atoms with Crippen LogP contribution in [0.2, 0.25) is 0 Å². The fraction of sp³-hybridized carbons (Fsp3) is 0.300. The number of carbonyl (C=O) groups excluding carboxylic acids is 1. The fourth-order valence-electron chi connectivity index (χ4n) is 1.32. The minimum Gasteiger partial charge on any atom is -0.396 e. The molecule has 1 aromatic carbocycles. The van der Waals surface area contributed by atoms with Crippen molar-refractivity contribution in [3.8, 4) is 0 Å². The van der Waals surface area contributed by atoms with Crippen LogP contribution in [0.15, 0.2) is 12.1 Å². The van der Waals surface area contributed by atoms with Crippen LogP contribution in [0.1, 0.15) is 10.4 Å². The maximum absolute atomic E-state index is 13.1. The summed E-state index contributed by atoms with van der Waals surface area (Å²) >= 11 is 0. The van der Waals surface area contributed by atoms with Gasteiger partial charge in [0.2, 0.25) is 0 Å². The van der Waals surface area contributed by atoms with Crippen LogP contribution in [-0.4, -0.2) is 33.6 Å². The molecule has 1 aromatic rings. The second-order valence-electron chi connectivity index (χ2n) is 3.68. The zero-order chi connectivity index (χ0) is 14.6. The van der Waals surface area contributed by atoms with E-state index >= 15 is 0 Å². The van der Waals surface area contributed by atoms with Crippen LogP contribution in [0.25, 0.3) is 0 Å². The monoisotopic (exact) mass is 289 g/mol. The van der Waals surface area contributed by atoms with Gasteiger partial charge in [-0.1, -0.05) is 0 Å². The van der Waals surface area contributed by atoms with Crippen molar-refractivity contribution in [2.24, 2.45) is 0 Å². The number of nitrogens with zero attached hydrogens (tertiary/aromatic N) is 1. The van der Waals surface area contributed by atoms with Crippen molar-refractivity contribution in [2.75, 3.05) is 24.3 Å². The third kappa shape index (κ3) is 3.98. The van der Waals surface area contributed by atoms with E-state index in [1.165, 1.54) is 6.26 Å². The number of carbonyl (C=O) groups is 1. The quantitative estimate of drug-likeness (QED) is 0.463. The van der Waals surface area contributed by atoms with Crippen molar-refractivity contribution in [2.45, 2.75) is 0 Å². The molecule has 1 amide bonds. The average Bonchev–Trinajstić information content (AvgIpc) is 2.31. The van der Waals surface area contributed by atoms with E-state index in [1.807, 2.05) is 0 Å². The van der Waals surface area contributed by atoms with Gasteiger partial charge in [-0.3, -0.25) is 19.1 Å². The number of amides is 1. The van der Waals surface area contributed by atoms with Crippen molar-refractivity contribution in [3.05, 3.63) is 33.6 Å². The Morgan fingerprint density at radius 2 is 2.21 bits per heavy atom. The molecule has 0 fully saturated rings. The van der Waals surface area contributed by atoms with Gasteiger partial charge in [-0.2, -0.15) is 0 Å². The Morgan fingerprint density at radius 3 is 2.74 bits per heavy atom. The number of nitrogens with two attached hydrogens (primary N) is 1. The van der Waals surface area contributed by atoms with E-state index in [0.717, 1.165) is 6.07 Å². The Balaban J connectivity index is 2.98. The highest BCUT2D eigenvalue weighted by molar-refractivity contribution is 7.84. The Morgan fingerprint density at radius 1 is 1.58 bits per heavy atom. The van der Waals surface area contributed by atoms with Gasteiger partial charge in [0.05, 0.1) is 16.7 Å². The molecule has 7 nitrogen and oxygen atoms in total. The summed E-state index contributed by atoms with van der Waals surface area (Å²) in [5, 5.41) is 13.1. The zero-order valence-electron chi connectivity index (χ0n) is 10.0. The van der Waals surface area contributed by atoms with Crippen LogP contribution < -0.4 is 11.1 Å². The molecule has 104 valence electrons. The summed E-state index contributed by atoms with van der Waals surface area (Å²) in [4.78, 5) is 21.6. The van der Waals surface area contributed by atoms with Crippen LogP contribution >= 0.6 is 0 Å². The van der Waals surface area contributed by atoms with E-state index in [-0.39, 0.29) is 23.5 Å². The van der Waals surface area contributed by atoms with Gasteiger partial charge in [-0.15, -0.1) is 0 Å². The summed E-state index contributed by atoms with van der Waals surface area (Å²) in [6.07, 6.45) is 1.46. The van der Waals surface area contributed by atoms with Gasteiger partial charge in [-0.25, -0.2) is 4.39 Å². The minimum atomic E-state index is -1.09. The average molecular weight is 289 g/mol. The van der Waals surface area contributed by atoms with Gasteiger partial charge in [0.1, 0.15) is 5.56 Å². The number of halogens is 1. The molecule has 0 aliphatic heterocycles. The highest BCUT2D eigenvalue weighted by Crippen LogP contribution is 2.24. The summed E-state index contributed by atoms with van der Waals surface area (Å²) < 4.78 is 24.0. The first-order valence-corrected chi connectivity index (χ1v) is 6.87. The molecular weight excluding hydrogens is 277 g/mol. The third-order valence-corrected chi connectivity index (χ3v) is 3.01. The lowest BCUT2D eigenvalue weighted by atomic mass is 10.1. The predicted molar refractivity (Wildman–Crippen MR) is 68.7 cm³/mol. The van der Waals surface area contributed by atoms with Crippen molar-refractivity contribution in [1.29, 1.82) is 0 Å². The molecule has 1 rings (SSSR count). The van der Waals surface area contributed by atoms with E-state index in [4.69, 9.17) is 5.73 Å². The first-order chi connectivity index (χ1) is 8.82. The fourth-order valence-corrected chi connectivity index (χ4v) is 1.71.